The molecule has 2 rings (SSSR count). The Balaban J connectivity index is 2.14. The summed E-state index contributed by atoms with van der Waals surface area (Å²) in [7, 11) is 0. The second-order valence-electron chi connectivity index (χ2n) is 4.72. The Morgan fingerprint density at radius 3 is 2.71 bits per heavy atom. The Bertz CT molecular complexity index is 378. The Labute approximate surface area is 101 Å². The van der Waals surface area contributed by atoms with Gasteiger partial charge >= 0.3 is 0 Å². The van der Waals surface area contributed by atoms with Crippen LogP contribution in [0.5, 0.6) is 5.88 Å². The number of aromatic nitrogens is 2. The summed E-state index contributed by atoms with van der Waals surface area (Å²) in [6, 6.07) is 0. The summed E-state index contributed by atoms with van der Waals surface area (Å²) < 4.78 is 19.4. The molecule has 1 aliphatic heterocycles. The molecule has 0 aliphatic carbocycles. The van der Waals surface area contributed by atoms with Gasteiger partial charge in [0, 0.05) is 13.1 Å². The minimum absolute atomic E-state index is 0.0654. The molecule has 17 heavy (non-hydrogen) atoms. The quantitative estimate of drug-likeness (QED) is 0.807. The Kier molecular flexibility index (Phi) is 3.76. The van der Waals surface area contributed by atoms with Crippen molar-refractivity contribution < 1.29 is 9.13 Å². The topological polar surface area (TPSA) is 38.3 Å². The second-order valence-corrected chi connectivity index (χ2v) is 4.72. The molecule has 4 nitrogen and oxygen atoms in total. The van der Waals surface area contributed by atoms with Crippen LogP contribution >= 0.6 is 0 Å². The lowest BCUT2D eigenvalue weighted by Crippen LogP contribution is -2.21. The van der Waals surface area contributed by atoms with Crippen LogP contribution in [0.3, 0.4) is 0 Å². The first kappa shape index (κ1) is 12.1. The van der Waals surface area contributed by atoms with E-state index in [0.717, 1.165) is 25.9 Å². The van der Waals surface area contributed by atoms with Gasteiger partial charge < -0.3 is 9.64 Å². The monoisotopic (exact) mass is 239 g/mol. The number of ether oxygens (including phenoxy) is 1. The van der Waals surface area contributed by atoms with E-state index in [0.29, 0.717) is 18.3 Å². The third-order valence-corrected chi connectivity index (χ3v) is 2.70. The van der Waals surface area contributed by atoms with Crippen LogP contribution in [0.2, 0.25) is 0 Å². The number of halogens is 1. The van der Waals surface area contributed by atoms with Gasteiger partial charge in [0.05, 0.1) is 6.61 Å². The molecule has 0 spiro atoms. The van der Waals surface area contributed by atoms with Crippen molar-refractivity contribution >= 4 is 5.82 Å². The molecule has 1 fully saturated rings. The number of hydrogen-bond acceptors (Lipinski definition) is 4. The van der Waals surface area contributed by atoms with E-state index >= 15 is 0 Å². The summed E-state index contributed by atoms with van der Waals surface area (Å²) >= 11 is 0. The molecule has 0 bridgehead atoms. The zero-order chi connectivity index (χ0) is 12.3. The summed E-state index contributed by atoms with van der Waals surface area (Å²) in [6.45, 7) is 6.21. The lowest BCUT2D eigenvalue weighted by atomic mass is 10.2. The van der Waals surface area contributed by atoms with Gasteiger partial charge in [-0.25, -0.2) is 4.98 Å². The fourth-order valence-electron chi connectivity index (χ4n) is 1.84. The smallest absolute Gasteiger partial charge is 0.255 e. The van der Waals surface area contributed by atoms with Gasteiger partial charge in [-0.05, 0) is 18.8 Å². The van der Waals surface area contributed by atoms with Gasteiger partial charge in [-0.1, -0.05) is 13.8 Å². The Hall–Kier alpha value is -1.39. The van der Waals surface area contributed by atoms with Crippen LogP contribution in [-0.4, -0.2) is 29.7 Å². The van der Waals surface area contributed by atoms with Crippen LogP contribution in [0, 0.1) is 11.7 Å². The van der Waals surface area contributed by atoms with Gasteiger partial charge in [0.15, 0.2) is 5.82 Å². The van der Waals surface area contributed by atoms with E-state index in [9.17, 15) is 4.39 Å². The first-order valence-electron chi connectivity index (χ1n) is 6.06. The summed E-state index contributed by atoms with van der Waals surface area (Å²) in [5, 5.41) is 0. The number of hydrogen-bond donors (Lipinski definition) is 0. The molecule has 94 valence electrons. The molecule has 1 aromatic heterocycles. The normalized spacial score (nSPS) is 15.6. The maximum atomic E-state index is 14.1. The summed E-state index contributed by atoms with van der Waals surface area (Å²) in [5.41, 5.74) is 0. The van der Waals surface area contributed by atoms with E-state index in [1.54, 1.807) is 0 Å². The van der Waals surface area contributed by atoms with Crippen LogP contribution in [0.15, 0.2) is 6.33 Å². The van der Waals surface area contributed by atoms with E-state index in [-0.39, 0.29) is 5.88 Å². The van der Waals surface area contributed by atoms with E-state index in [2.05, 4.69) is 9.97 Å². The summed E-state index contributed by atoms with van der Waals surface area (Å²) in [4.78, 5) is 9.80. The van der Waals surface area contributed by atoms with Crippen molar-refractivity contribution in [1.29, 1.82) is 0 Å². The largest absolute Gasteiger partial charge is 0.475 e. The molecule has 5 heteroatoms. The molecule has 0 aromatic carbocycles. The van der Waals surface area contributed by atoms with Gasteiger partial charge in [-0.15, -0.1) is 0 Å². The van der Waals surface area contributed by atoms with Gasteiger partial charge in [0.2, 0.25) is 5.82 Å². The lowest BCUT2D eigenvalue weighted by molar-refractivity contribution is 0.248. The van der Waals surface area contributed by atoms with Gasteiger partial charge in [0.25, 0.3) is 5.88 Å². The highest BCUT2D eigenvalue weighted by molar-refractivity contribution is 5.43. The molecule has 1 saturated heterocycles. The molecular formula is C12H18FN3O. The highest BCUT2D eigenvalue weighted by Gasteiger charge is 2.21. The zero-order valence-corrected chi connectivity index (χ0v) is 10.3. The highest BCUT2D eigenvalue weighted by Crippen LogP contribution is 2.25. The third kappa shape index (κ3) is 2.84. The summed E-state index contributed by atoms with van der Waals surface area (Å²) in [6.07, 6.45) is 3.55. The van der Waals surface area contributed by atoms with E-state index in [4.69, 9.17) is 4.74 Å². The average molecular weight is 239 g/mol. The van der Waals surface area contributed by atoms with Crippen LogP contribution in [0.4, 0.5) is 10.2 Å². The van der Waals surface area contributed by atoms with Crippen molar-refractivity contribution in [3.63, 3.8) is 0 Å². The van der Waals surface area contributed by atoms with Crippen molar-refractivity contribution in [2.45, 2.75) is 26.7 Å². The first-order chi connectivity index (χ1) is 8.18. The molecule has 0 amide bonds. The van der Waals surface area contributed by atoms with E-state index < -0.39 is 5.82 Å². The van der Waals surface area contributed by atoms with Crippen LogP contribution in [0.1, 0.15) is 26.7 Å². The molecule has 1 aliphatic rings. The van der Waals surface area contributed by atoms with Gasteiger partial charge in [-0.2, -0.15) is 9.37 Å². The predicted molar refractivity (Wildman–Crippen MR) is 63.8 cm³/mol. The Morgan fingerprint density at radius 1 is 1.35 bits per heavy atom. The maximum absolute atomic E-state index is 14.1. The van der Waals surface area contributed by atoms with Crippen molar-refractivity contribution in [2.75, 3.05) is 24.6 Å². The van der Waals surface area contributed by atoms with Crippen LogP contribution < -0.4 is 9.64 Å². The fraction of sp³-hybridized carbons (Fsp3) is 0.667. The molecule has 0 N–H and O–H groups in total. The van der Waals surface area contributed by atoms with Gasteiger partial charge in [-0.3, -0.25) is 0 Å². The SMILES string of the molecule is CC(C)COc1ncnc(N2CCCC2)c1F. The van der Waals surface area contributed by atoms with Crippen LogP contribution in [-0.2, 0) is 0 Å². The van der Waals surface area contributed by atoms with Crippen molar-refractivity contribution in [2.24, 2.45) is 5.92 Å². The summed E-state index contributed by atoms with van der Waals surface area (Å²) in [5.74, 6) is 0.349. The number of nitrogens with zero attached hydrogens (tertiary/aromatic N) is 3. The standard InChI is InChI=1S/C12H18FN3O/c1-9(2)7-17-12-10(13)11(14-8-15-12)16-5-3-4-6-16/h8-9H,3-7H2,1-2H3. The fourth-order valence-corrected chi connectivity index (χ4v) is 1.84. The van der Waals surface area contributed by atoms with Crippen LogP contribution in [0.25, 0.3) is 0 Å². The number of anilines is 1. The number of rotatable bonds is 4. The minimum atomic E-state index is -0.435. The van der Waals surface area contributed by atoms with E-state index in [1.165, 1.54) is 6.33 Å². The van der Waals surface area contributed by atoms with Crippen molar-refractivity contribution in [3.8, 4) is 5.88 Å². The lowest BCUT2D eigenvalue weighted by Gasteiger charge is -2.17. The van der Waals surface area contributed by atoms with Crippen molar-refractivity contribution in [1.82, 2.24) is 9.97 Å². The third-order valence-electron chi connectivity index (χ3n) is 2.70. The predicted octanol–water partition coefficient (Wildman–Crippen LogP) is 2.25. The molecule has 0 unspecified atom stereocenters. The maximum Gasteiger partial charge on any atom is 0.255 e. The highest BCUT2D eigenvalue weighted by atomic mass is 19.1. The van der Waals surface area contributed by atoms with E-state index in [1.807, 2.05) is 18.7 Å². The zero-order valence-electron chi connectivity index (χ0n) is 10.3. The minimum Gasteiger partial charge on any atom is -0.475 e. The molecule has 2 heterocycles. The van der Waals surface area contributed by atoms with Gasteiger partial charge in [0.1, 0.15) is 6.33 Å². The molecule has 0 radical (unpaired) electrons. The molecule has 0 saturated carbocycles. The van der Waals surface area contributed by atoms with Crippen molar-refractivity contribution in [3.05, 3.63) is 12.1 Å². The second kappa shape index (κ2) is 5.29. The average Bonchev–Trinajstić information content (AvgIpc) is 2.81. The first-order valence-corrected chi connectivity index (χ1v) is 6.06. The Morgan fingerprint density at radius 2 is 2.06 bits per heavy atom. The molecular weight excluding hydrogens is 221 g/mol. The molecule has 0 atom stereocenters. The molecule has 1 aromatic rings.